The third kappa shape index (κ3) is 3.91. The maximum absolute atomic E-state index is 13.5. The third-order valence-electron chi connectivity index (χ3n) is 7.23. The molecule has 3 saturated carbocycles. The Balaban J connectivity index is 1.23. The Labute approximate surface area is 156 Å². The highest BCUT2D eigenvalue weighted by atomic mass is 19.1. The van der Waals surface area contributed by atoms with E-state index in [1.807, 2.05) is 0 Å². The van der Waals surface area contributed by atoms with Crippen molar-refractivity contribution in [1.82, 2.24) is 4.90 Å². The Kier molecular flexibility index (Phi) is 4.98. The third-order valence-corrected chi connectivity index (χ3v) is 7.23. The fourth-order valence-electron chi connectivity index (χ4n) is 5.64. The zero-order valence-electron chi connectivity index (χ0n) is 15.8. The van der Waals surface area contributed by atoms with Crippen LogP contribution in [0.3, 0.4) is 0 Å². The molecule has 26 heavy (non-hydrogen) atoms. The molecule has 4 fully saturated rings. The van der Waals surface area contributed by atoms with Gasteiger partial charge in [-0.25, -0.2) is 4.39 Å². The Morgan fingerprint density at radius 2 is 1.96 bits per heavy atom. The Morgan fingerprint density at radius 3 is 2.58 bits per heavy atom. The first-order valence-corrected chi connectivity index (χ1v) is 10.4. The van der Waals surface area contributed by atoms with E-state index < -0.39 is 12.2 Å². The highest BCUT2D eigenvalue weighted by Gasteiger charge is 2.47. The van der Waals surface area contributed by atoms with Gasteiger partial charge < -0.3 is 9.64 Å². The molecule has 0 radical (unpaired) electrons. The van der Waals surface area contributed by atoms with Crippen molar-refractivity contribution in [2.75, 3.05) is 13.2 Å². The largest absolute Gasteiger partial charge is 0.378 e. The number of hydrogen-bond acceptors (Lipinski definition) is 3. The zero-order chi connectivity index (χ0) is 18.3. The molecular formula is C21H31FN2O2. The zero-order valence-corrected chi connectivity index (χ0v) is 15.8. The highest BCUT2D eigenvalue weighted by Crippen LogP contribution is 2.55. The van der Waals surface area contributed by atoms with Crippen LogP contribution in [-0.4, -0.2) is 42.3 Å². The van der Waals surface area contributed by atoms with Crippen molar-refractivity contribution in [3.63, 3.8) is 0 Å². The quantitative estimate of drug-likeness (QED) is 0.721. The molecule has 0 aromatic rings. The van der Waals surface area contributed by atoms with Gasteiger partial charge in [0, 0.05) is 19.4 Å². The van der Waals surface area contributed by atoms with Crippen molar-refractivity contribution in [1.29, 1.82) is 5.26 Å². The van der Waals surface area contributed by atoms with Crippen LogP contribution < -0.4 is 0 Å². The van der Waals surface area contributed by atoms with Crippen molar-refractivity contribution in [2.24, 2.45) is 23.2 Å². The second-order valence-corrected chi connectivity index (χ2v) is 9.63. The lowest BCUT2D eigenvalue weighted by molar-refractivity contribution is -0.132. The van der Waals surface area contributed by atoms with Crippen molar-refractivity contribution < 1.29 is 13.9 Å². The average molecular weight is 362 g/mol. The number of carbonyl (C=O) groups excluding carboxylic acids is 1. The van der Waals surface area contributed by atoms with Gasteiger partial charge in [-0.15, -0.1) is 0 Å². The SMILES string of the molecule is CC1(CCC(=O)N2C[C@@H](F)C[C@H]2C#N)C[C@H]2CC(OCC3CC3)C[C@H]2C1. The number of alkyl halides is 1. The predicted molar refractivity (Wildman–Crippen MR) is 95.9 cm³/mol. The molecule has 4 nitrogen and oxygen atoms in total. The van der Waals surface area contributed by atoms with Gasteiger partial charge in [-0.1, -0.05) is 6.92 Å². The van der Waals surface area contributed by atoms with E-state index in [0.29, 0.717) is 12.5 Å². The number of rotatable bonds is 6. The molecule has 6 atom stereocenters. The number of halogens is 1. The number of nitriles is 1. The van der Waals surface area contributed by atoms with Crippen molar-refractivity contribution >= 4 is 5.91 Å². The molecule has 4 rings (SSSR count). The summed E-state index contributed by atoms with van der Waals surface area (Å²) < 4.78 is 19.6. The molecule has 0 N–H and O–H groups in total. The summed E-state index contributed by atoms with van der Waals surface area (Å²) in [5.74, 6) is 2.28. The molecule has 4 aliphatic rings. The number of ether oxygens (including phenoxy) is 1. The number of hydrogen-bond donors (Lipinski definition) is 0. The molecule has 2 unspecified atom stereocenters. The van der Waals surface area contributed by atoms with E-state index in [1.165, 1.54) is 43.4 Å². The number of nitrogens with zero attached hydrogens (tertiary/aromatic N) is 2. The maximum Gasteiger partial charge on any atom is 0.223 e. The first-order valence-electron chi connectivity index (χ1n) is 10.4. The summed E-state index contributed by atoms with van der Waals surface area (Å²) >= 11 is 0. The van der Waals surface area contributed by atoms with Gasteiger partial charge in [0.05, 0.1) is 18.7 Å². The van der Waals surface area contributed by atoms with Crippen LogP contribution in [0.5, 0.6) is 0 Å². The van der Waals surface area contributed by atoms with Gasteiger partial charge in [0.2, 0.25) is 5.91 Å². The number of fused-ring (bicyclic) bond motifs is 1. The number of likely N-dealkylation sites (tertiary alicyclic amines) is 1. The smallest absolute Gasteiger partial charge is 0.223 e. The summed E-state index contributed by atoms with van der Waals surface area (Å²) in [4.78, 5) is 14.0. The van der Waals surface area contributed by atoms with Crippen LogP contribution >= 0.6 is 0 Å². The van der Waals surface area contributed by atoms with Gasteiger partial charge in [-0.3, -0.25) is 4.79 Å². The van der Waals surface area contributed by atoms with E-state index in [-0.39, 0.29) is 24.3 Å². The van der Waals surface area contributed by atoms with E-state index in [0.717, 1.165) is 30.8 Å². The van der Waals surface area contributed by atoms with E-state index in [1.54, 1.807) is 0 Å². The molecule has 0 spiro atoms. The average Bonchev–Trinajstić information content (AvgIpc) is 3.14. The predicted octanol–water partition coefficient (Wildman–Crippen LogP) is 3.85. The van der Waals surface area contributed by atoms with Crippen LogP contribution in [0.4, 0.5) is 4.39 Å². The lowest BCUT2D eigenvalue weighted by Gasteiger charge is -2.27. The molecular weight excluding hydrogens is 331 g/mol. The molecule has 3 aliphatic carbocycles. The van der Waals surface area contributed by atoms with Crippen LogP contribution in [-0.2, 0) is 9.53 Å². The Morgan fingerprint density at radius 1 is 1.27 bits per heavy atom. The van der Waals surface area contributed by atoms with E-state index >= 15 is 0 Å². The molecule has 0 aromatic carbocycles. The lowest BCUT2D eigenvalue weighted by Crippen LogP contribution is -2.35. The molecule has 1 saturated heterocycles. The van der Waals surface area contributed by atoms with Gasteiger partial charge in [0.1, 0.15) is 12.2 Å². The van der Waals surface area contributed by atoms with Crippen molar-refractivity contribution in [3.05, 3.63) is 0 Å². The first-order chi connectivity index (χ1) is 12.5. The molecule has 144 valence electrons. The van der Waals surface area contributed by atoms with Gasteiger partial charge >= 0.3 is 0 Å². The summed E-state index contributed by atoms with van der Waals surface area (Å²) in [6.07, 6.45) is 8.32. The molecule has 1 aliphatic heterocycles. The second kappa shape index (κ2) is 7.11. The molecule has 0 aromatic heterocycles. The minimum Gasteiger partial charge on any atom is -0.378 e. The minimum absolute atomic E-state index is 0.0411. The second-order valence-electron chi connectivity index (χ2n) is 9.63. The minimum atomic E-state index is -1.04. The molecule has 5 heteroatoms. The van der Waals surface area contributed by atoms with Crippen LogP contribution in [0.25, 0.3) is 0 Å². The standard InChI is InChI=1S/C21H31FN2O2/c1-21(5-4-20(25)24-12-17(22)8-18(24)11-23)9-15-6-19(7-16(15)10-21)26-13-14-2-3-14/h14-19H,2-10,12-13H2,1H3/t15-,16+,17-,18-,19?,21?/m0/s1. The van der Waals surface area contributed by atoms with Crippen LogP contribution in [0.1, 0.15) is 64.7 Å². The Bertz CT molecular complexity index is 571. The Hall–Kier alpha value is -1.15. The van der Waals surface area contributed by atoms with Gasteiger partial charge in [-0.05, 0) is 68.1 Å². The molecule has 1 heterocycles. The molecule has 1 amide bonds. The highest BCUT2D eigenvalue weighted by molar-refractivity contribution is 5.77. The monoisotopic (exact) mass is 362 g/mol. The van der Waals surface area contributed by atoms with Crippen LogP contribution in [0.15, 0.2) is 0 Å². The van der Waals surface area contributed by atoms with Crippen molar-refractivity contribution in [3.8, 4) is 6.07 Å². The number of carbonyl (C=O) groups is 1. The van der Waals surface area contributed by atoms with E-state index in [2.05, 4.69) is 13.0 Å². The van der Waals surface area contributed by atoms with Crippen LogP contribution in [0.2, 0.25) is 0 Å². The van der Waals surface area contributed by atoms with Gasteiger partial charge in [0.25, 0.3) is 0 Å². The fourth-order valence-corrected chi connectivity index (χ4v) is 5.64. The molecule has 0 bridgehead atoms. The van der Waals surface area contributed by atoms with E-state index in [4.69, 9.17) is 10.00 Å². The summed E-state index contributed by atoms with van der Waals surface area (Å²) in [7, 11) is 0. The normalized spacial score (nSPS) is 42.0. The van der Waals surface area contributed by atoms with Crippen molar-refractivity contribution in [2.45, 2.75) is 83.0 Å². The topological polar surface area (TPSA) is 53.3 Å². The first kappa shape index (κ1) is 18.2. The lowest BCUT2D eigenvalue weighted by atomic mass is 9.81. The maximum atomic E-state index is 13.5. The summed E-state index contributed by atoms with van der Waals surface area (Å²) in [6.45, 7) is 3.36. The summed E-state index contributed by atoms with van der Waals surface area (Å²) in [5, 5.41) is 9.13. The van der Waals surface area contributed by atoms with E-state index in [9.17, 15) is 9.18 Å². The summed E-state index contributed by atoms with van der Waals surface area (Å²) in [6, 6.07) is 1.50. The number of amides is 1. The van der Waals surface area contributed by atoms with Gasteiger partial charge in [-0.2, -0.15) is 5.26 Å². The summed E-state index contributed by atoms with van der Waals surface area (Å²) in [5.41, 5.74) is 0.212. The van der Waals surface area contributed by atoms with Crippen LogP contribution in [0, 0.1) is 34.5 Å². The van der Waals surface area contributed by atoms with Gasteiger partial charge in [0.15, 0.2) is 0 Å². The fraction of sp³-hybridized carbons (Fsp3) is 0.905.